The van der Waals surface area contributed by atoms with Crippen LogP contribution >= 0.6 is 12.4 Å². The van der Waals surface area contributed by atoms with Crippen molar-refractivity contribution in [2.75, 3.05) is 20.2 Å². The topological polar surface area (TPSA) is 63.5 Å². The van der Waals surface area contributed by atoms with Crippen LogP contribution in [0.1, 0.15) is 23.2 Å². The van der Waals surface area contributed by atoms with E-state index in [1.54, 1.807) is 13.2 Å². The molecule has 2 heterocycles. The van der Waals surface area contributed by atoms with Crippen LogP contribution in [-0.4, -0.2) is 38.3 Å². The fraction of sp³-hybridized carbons (Fsp3) is 0.583. The van der Waals surface area contributed by atoms with Crippen LogP contribution in [-0.2, 0) is 11.2 Å². The fourth-order valence-electron chi connectivity index (χ4n) is 1.98. The molecule has 0 saturated carbocycles. The van der Waals surface area contributed by atoms with Gasteiger partial charge < -0.3 is 19.8 Å². The molecule has 6 heteroatoms. The number of hydrogen-bond acceptors (Lipinski definition) is 4. The molecule has 0 aromatic carbocycles. The molecular weight excluding hydrogens is 256 g/mol. The van der Waals surface area contributed by atoms with Crippen LogP contribution in [0.3, 0.4) is 0 Å². The zero-order chi connectivity index (χ0) is 12.3. The first-order chi connectivity index (χ1) is 8.24. The van der Waals surface area contributed by atoms with Gasteiger partial charge >= 0.3 is 0 Å². The SMILES string of the molecule is CCc1ccc(C(=O)NC2CNCC2OC)o1.Cl. The summed E-state index contributed by atoms with van der Waals surface area (Å²) < 4.78 is 10.7. The van der Waals surface area contributed by atoms with Crippen molar-refractivity contribution < 1.29 is 13.9 Å². The Balaban J connectivity index is 0.00000162. The van der Waals surface area contributed by atoms with Gasteiger partial charge in [-0.3, -0.25) is 4.79 Å². The Hall–Kier alpha value is -1.04. The van der Waals surface area contributed by atoms with E-state index in [9.17, 15) is 4.79 Å². The highest BCUT2D eigenvalue weighted by molar-refractivity contribution is 5.91. The third-order valence-electron chi connectivity index (χ3n) is 3.01. The second kappa shape index (κ2) is 6.78. The molecule has 0 radical (unpaired) electrons. The lowest BCUT2D eigenvalue weighted by Gasteiger charge is -2.17. The number of carbonyl (C=O) groups excluding carboxylic acids is 1. The van der Waals surface area contributed by atoms with Crippen molar-refractivity contribution >= 4 is 18.3 Å². The summed E-state index contributed by atoms with van der Waals surface area (Å²) in [5, 5.41) is 6.09. The van der Waals surface area contributed by atoms with Crippen molar-refractivity contribution in [1.29, 1.82) is 0 Å². The average molecular weight is 275 g/mol. The van der Waals surface area contributed by atoms with Gasteiger partial charge in [0.15, 0.2) is 5.76 Å². The summed E-state index contributed by atoms with van der Waals surface area (Å²) in [6.07, 6.45) is 0.818. The quantitative estimate of drug-likeness (QED) is 0.859. The first-order valence-corrected chi connectivity index (χ1v) is 5.87. The highest BCUT2D eigenvalue weighted by atomic mass is 35.5. The van der Waals surface area contributed by atoms with E-state index < -0.39 is 0 Å². The third kappa shape index (κ3) is 3.25. The van der Waals surface area contributed by atoms with E-state index in [1.165, 1.54) is 0 Å². The second-order valence-electron chi connectivity index (χ2n) is 4.13. The lowest BCUT2D eigenvalue weighted by Crippen LogP contribution is -2.43. The lowest BCUT2D eigenvalue weighted by atomic mass is 10.2. The highest BCUT2D eigenvalue weighted by Crippen LogP contribution is 2.10. The molecule has 0 bridgehead atoms. The first kappa shape index (κ1) is 15.0. The molecule has 1 aliphatic rings. The predicted molar refractivity (Wildman–Crippen MR) is 70.3 cm³/mol. The maximum absolute atomic E-state index is 11.9. The van der Waals surface area contributed by atoms with Crippen LogP contribution in [0.4, 0.5) is 0 Å². The van der Waals surface area contributed by atoms with E-state index in [2.05, 4.69) is 10.6 Å². The van der Waals surface area contributed by atoms with E-state index in [1.807, 2.05) is 13.0 Å². The van der Waals surface area contributed by atoms with Gasteiger partial charge in [-0.1, -0.05) is 6.92 Å². The third-order valence-corrected chi connectivity index (χ3v) is 3.01. The summed E-state index contributed by atoms with van der Waals surface area (Å²) in [5.74, 6) is 1.01. The number of ether oxygens (including phenoxy) is 1. The molecule has 1 fully saturated rings. The number of methoxy groups -OCH3 is 1. The maximum atomic E-state index is 11.9. The Kier molecular flexibility index (Phi) is 5.65. The number of furan rings is 1. The summed E-state index contributed by atoms with van der Waals surface area (Å²) in [6.45, 7) is 3.48. The molecule has 0 spiro atoms. The summed E-state index contributed by atoms with van der Waals surface area (Å²) in [6, 6.07) is 3.54. The van der Waals surface area contributed by atoms with Crippen molar-refractivity contribution in [3.63, 3.8) is 0 Å². The Morgan fingerprint density at radius 1 is 1.56 bits per heavy atom. The van der Waals surface area contributed by atoms with E-state index >= 15 is 0 Å². The van der Waals surface area contributed by atoms with Gasteiger partial charge in [0.25, 0.3) is 5.91 Å². The molecule has 18 heavy (non-hydrogen) atoms. The molecule has 2 rings (SSSR count). The Morgan fingerprint density at radius 2 is 2.33 bits per heavy atom. The van der Waals surface area contributed by atoms with Gasteiger partial charge in [0.2, 0.25) is 0 Å². The van der Waals surface area contributed by atoms with Crippen molar-refractivity contribution in [1.82, 2.24) is 10.6 Å². The van der Waals surface area contributed by atoms with E-state index in [-0.39, 0.29) is 30.5 Å². The van der Waals surface area contributed by atoms with Crippen LogP contribution in [0.25, 0.3) is 0 Å². The van der Waals surface area contributed by atoms with Gasteiger partial charge in [-0.25, -0.2) is 0 Å². The zero-order valence-electron chi connectivity index (χ0n) is 10.6. The van der Waals surface area contributed by atoms with Crippen molar-refractivity contribution in [2.45, 2.75) is 25.5 Å². The van der Waals surface area contributed by atoms with E-state index in [4.69, 9.17) is 9.15 Å². The normalized spacial score (nSPS) is 22.6. The van der Waals surface area contributed by atoms with Crippen LogP contribution in [0.2, 0.25) is 0 Å². The maximum Gasteiger partial charge on any atom is 0.287 e. The molecule has 1 aliphatic heterocycles. The first-order valence-electron chi connectivity index (χ1n) is 5.87. The molecule has 1 aromatic rings. The number of hydrogen-bond donors (Lipinski definition) is 2. The summed E-state index contributed by atoms with van der Waals surface area (Å²) in [5.41, 5.74) is 0. The highest BCUT2D eigenvalue weighted by Gasteiger charge is 2.29. The minimum atomic E-state index is -0.180. The molecule has 0 aliphatic carbocycles. The average Bonchev–Trinajstić information content (AvgIpc) is 2.96. The number of amides is 1. The smallest absolute Gasteiger partial charge is 0.287 e. The Bertz CT molecular complexity index is 394. The molecule has 1 saturated heterocycles. The number of nitrogens with one attached hydrogen (secondary N) is 2. The molecule has 1 aromatic heterocycles. The number of rotatable bonds is 4. The molecule has 1 amide bonds. The molecular formula is C12H19ClN2O3. The Morgan fingerprint density at radius 3 is 2.94 bits per heavy atom. The summed E-state index contributed by atoms with van der Waals surface area (Å²) in [4.78, 5) is 11.9. The van der Waals surface area contributed by atoms with Crippen molar-refractivity contribution in [2.24, 2.45) is 0 Å². The van der Waals surface area contributed by atoms with Gasteiger partial charge in [0.05, 0.1) is 12.1 Å². The van der Waals surface area contributed by atoms with Crippen LogP contribution in [0.15, 0.2) is 16.5 Å². The largest absolute Gasteiger partial charge is 0.456 e. The monoisotopic (exact) mass is 274 g/mol. The van der Waals surface area contributed by atoms with Crippen LogP contribution < -0.4 is 10.6 Å². The molecule has 102 valence electrons. The zero-order valence-corrected chi connectivity index (χ0v) is 11.4. The second-order valence-corrected chi connectivity index (χ2v) is 4.13. The number of carbonyl (C=O) groups is 1. The molecule has 2 unspecified atom stereocenters. The summed E-state index contributed by atoms with van der Waals surface area (Å²) in [7, 11) is 1.65. The van der Waals surface area contributed by atoms with Gasteiger partial charge in [-0.05, 0) is 12.1 Å². The van der Waals surface area contributed by atoms with E-state index in [0.717, 1.165) is 25.3 Å². The standard InChI is InChI=1S/C12H18N2O3.ClH/c1-3-8-4-5-10(17-8)12(15)14-9-6-13-7-11(9)16-2;/h4-5,9,11,13H,3,6-7H2,1-2H3,(H,14,15);1H. The van der Waals surface area contributed by atoms with Crippen LogP contribution in [0, 0.1) is 0 Å². The van der Waals surface area contributed by atoms with E-state index in [0.29, 0.717) is 5.76 Å². The Labute approximate surface area is 113 Å². The van der Waals surface area contributed by atoms with Crippen LogP contribution in [0.5, 0.6) is 0 Å². The summed E-state index contributed by atoms with van der Waals surface area (Å²) >= 11 is 0. The van der Waals surface area contributed by atoms with Gasteiger partial charge in [0.1, 0.15) is 5.76 Å². The minimum Gasteiger partial charge on any atom is -0.456 e. The van der Waals surface area contributed by atoms with Crippen molar-refractivity contribution in [3.05, 3.63) is 23.7 Å². The van der Waals surface area contributed by atoms with Gasteiger partial charge in [-0.2, -0.15) is 0 Å². The number of halogens is 1. The number of aryl methyl sites for hydroxylation is 1. The predicted octanol–water partition coefficient (Wildman–Crippen LogP) is 0.980. The molecule has 2 atom stereocenters. The lowest BCUT2D eigenvalue weighted by molar-refractivity contribution is 0.0759. The minimum absolute atomic E-state index is 0. The van der Waals surface area contributed by atoms with Crippen molar-refractivity contribution in [3.8, 4) is 0 Å². The van der Waals surface area contributed by atoms with Gasteiger partial charge in [-0.15, -0.1) is 12.4 Å². The molecule has 5 nitrogen and oxygen atoms in total. The molecule has 2 N–H and O–H groups in total. The van der Waals surface area contributed by atoms with Gasteiger partial charge in [0, 0.05) is 26.6 Å². The fourth-order valence-corrected chi connectivity index (χ4v) is 1.98.